The van der Waals surface area contributed by atoms with Crippen LogP contribution >= 0.6 is 0 Å². The van der Waals surface area contributed by atoms with Crippen LogP contribution in [-0.2, 0) is 6.54 Å². The predicted octanol–water partition coefficient (Wildman–Crippen LogP) is 2.67. The molecule has 2 rings (SSSR count). The number of aromatic nitrogens is 1. The van der Waals surface area contributed by atoms with Gasteiger partial charge >= 0.3 is 5.97 Å². The summed E-state index contributed by atoms with van der Waals surface area (Å²) in [6, 6.07) is 5.71. The highest BCUT2D eigenvalue weighted by molar-refractivity contribution is 5.88. The first kappa shape index (κ1) is 12.9. The Labute approximate surface area is 107 Å². The summed E-state index contributed by atoms with van der Waals surface area (Å²) >= 11 is 0. The number of halogens is 2. The molecule has 2 N–H and O–H groups in total. The molecule has 0 saturated carbocycles. The summed E-state index contributed by atoms with van der Waals surface area (Å²) in [4.78, 5) is 14.5. The Bertz CT molecular complexity index is 603. The largest absolute Gasteiger partial charge is 0.478 e. The Kier molecular flexibility index (Phi) is 3.70. The van der Waals surface area contributed by atoms with E-state index < -0.39 is 23.2 Å². The van der Waals surface area contributed by atoms with Crippen molar-refractivity contribution in [3.05, 3.63) is 59.4 Å². The summed E-state index contributed by atoms with van der Waals surface area (Å²) in [6.07, 6.45) is 3.19. The lowest BCUT2D eigenvalue weighted by molar-refractivity contribution is 0.0690. The molecule has 1 aromatic carbocycles. The van der Waals surface area contributed by atoms with Gasteiger partial charge in [0.15, 0.2) is 11.6 Å². The van der Waals surface area contributed by atoms with Crippen molar-refractivity contribution in [3.8, 4) is 0 Å². The van der Waals surface area contributed by atoms with Crippen LogP contribution in [0.5, 0.6) is 0 Å². The van der Waals surface area contributed by atoms with Gasteiger partial charge < -0.3 is 10.4 Å². The van der Waals surface area contributed by atoms with Gasteiger partial charge in [0.05, 0.1) is 11.3 Å². The number of carboxylic acids is 1. The highest BCUT2D eigenvalue weighted by Gasteiger charge is 2.17. The number of aromatic carboxylic acids is 1. The van der Waals surface area contributed by atoms with E-state index in [4.69, 9.17) is 5.11 Å². The fraction of sp³-hybridized carbons (Fsp3) is 0.0769. The summed E-state index contributed by atoms with van der Waals surface area (Å²) in [6.45, 7) is 0.261. The number of carboxylic acid groups (broad SMARTS) is 1. The third-order valence-electron chi connectivity index (χ3n) is 2.52. The molecule has 0 aliphatic carbocycles. The molecule has 0 saturated heterocycles. The van der Waals surface area contributed by atoms with E-state index in [1.807, 2.05) is 0 Å². The molecule has 4 nitrogen and oxygen atoms in total. The van der Waals surface area contributed by atoms with E-state index in [2.05, 4.69) is 10.3 Å². The van der Waals surface area contributed by atoms with E-state index in [9.17, 15) is 13.6 Å². The fourth-order valence-corrected chi connectivity index (χ4v) is 1.55. The summed E-state index contributed by atoms with van der Waals surface area (Å²) in [7, 11) is 0. The van der Waals surface area contributed by atoms with Crippen LogP contribution in [0.2, 0.25) is 0 Å². The number of nitrogens with zero attached hydrogens (tertiary/aromatic N) is 1. The van der Waals surface area contributed by atoms with Crippen LogP contribution in [0.1, 0.15) is 15.9 Å². The van der Waals surface area contributed by atoms with Gasteiger partial charge in [0.25, 0.3) is 0 Å². The van der Waals surface area contributed by atoms with Crippen LogP contribution in [-0.4, -0.2) is 16.1 Å². The SMILES string of the molecule is O=C(O)c1ccc(NCc2cccnc2)c(F)c1F. The standard InChI is InChI=1S/C13H10F2N2O2/c14-11-9(13(18)19)3-4-10(12(11)15)17-7-8-2-1-5-16-6-8/h1-6,17H,7H2,(H,18,19). The highest BCUT2D eigenvalue weighted by atomic mass is 19.2. The van der Waals surface area contributed by atoms with Gasteiger partial charge in [0, 0.05) is 18.9 Å². The molecule has 19 heavy (non-hydrogen) atoms. The van der Waals surface area contributed by atoms with Gasteiger partial charge in [-0.1, -0.05) is 6.07 Å². The third kappa shape index (κ3) is 2.85. The number of hydrogen-bond donors (Lipinski definition) is 2. The quantitative estimate of drug-likeness (QED) is 0.891. The maximum Gasteiger partial charge on any atom is 0.338 e. The van der Waals surface area contributed by atoms with E-state index in [0.717, 1.165) is 11.6 Å². The van der Waals surface area contributed by atoms with Gasteiger partial charge in [-0.2, -0.15) is 0 Å². The lowest BCUT2D eigenvalue weighted by atomic mass is 10.1. The van der Waals surface area contributed by atoms with Crippen molar-refractivity contribution in [3.63, 3.8) is 0 Å². The molecule has 98 valence electrons. The third-order valence-corrected chi connectivity index (χ3v) is 2.52. The maximum absolute atomic E-state index is 13.6. The van der Waals surface area contributed by atoms with Crippen molar-refractivity contribution in [1.82, 2.24) is 4.98 Å². The van der Waals surface area contributed by atoms with E-state index in [0.29, 0.717) is 0 Å². The zero-order valence-corrected chi connectivity index (χ0v) is 9.73. The lowest BCUT2D eigenvalue weighted by Gasteiger charge is -2.09. The molecule has 0 unspecified atom stereocenters. The molecule has 0 amide bonds. The normalized spacial score (nSPS) is 10.2. The molecule has 0 aliphatic heterocycles. The van der Waals surface area contributed by atoms with Crippen molar-refractivity contribution in [1.29, 1.82) is 0 Å². The van der Waals surface area contributed by atoms with E-state index >= 15 is 0 Å². The maximum atomic E-state index is 13.6. The first-order valence-electron chi connectivity index (χ1n) is 5.43. The Hall–Kier alpha value is -2.50. The number of anilines is 1. The van der Waals surface area contributed by atoms with Crippen molar-refractivity contribution < 1.29 is 18.7 Å². The molecular formula is C13H10F2N2O2. The smallest absolute Gasteiger partial charge is 0.338 e. The van der Waals surface area contributed by atoms with Crippen LogP contribution in [0.3, 0.4) is 0 Å². The number of carbonyl (C=O) groups is 1. The van der Waals surface area contributed by atoms with Gasteiger partial charge in [-0.25, -0.2) is 13.6 Å². The number of benzene rings is 1. The lowest BCUT2D eigenvalue weighted by Crippen LogP contribution is -2.07. The van der Waals surface area contributed by atoms with Crippen LogP contribution in [0.4, 0.5) is 14.5 Å². The van der Waals surface area contributed by atoms with E-state index in [1.54, 1.807) is 24.5 Å². The van der Waals surface area contributed by atoms with Crippen LogP contribution in [0.15, 0.2) is 36.7 Å². The van der Waals surface area contributed by atoms with Gasteiger partial charge in [-0.05, 0) is 23.8 Å². The van der Waals surface area contributed by atoms with Crippen molar-refractivity contribution in [2.24, 2.45) is 0 Å². The molecule has 2 aromatic rings. The predicted molar refractivity (Wildman–Crippen MR) is 64.9 cm³/mol. The monoisotopic (exact) mass is 264 g/mol. The highest BCUT2D eigenvalue weighted by Crippen LogP contribution is 2.21. The molecule has 1 aromatic heterocycles. The Morgan fingerprint density at radius 1 is 1.26 bits per heavy atom. The van der Waals surface area contributed by atoms with Crippen LogP contribution in [0.25, 0.3) is 0 Å². The molecule has 0 fully saturated rings. The topological polar surface area (TPSA) is 62.2 Å². The van der Waals surface area contributed by atoms with Crippen molar-refractivity contribution >= 4 is 11.7 Å². The summed E-state index contributed by atoms with van der Waals surface area (Å²) in [5.74, 6) is -4.08. The molecule has 0 bridgehead atoms. The zero-order valence-electron chi connectivity index (χ0n) is 9.73. The minimum atomic E-state index is -1.50. The second kappa shape index (κ2) is 5.43. The Morgan fingerprint density at radius 3 is 2.68 bits per heavy atom. The molecular weight excluding hydrogens is 254 g/mol. The number of rotatable bonds is 4. The molecule has 0 aliphatic rings. The van der Waals surface area contributed by atoms with Gasteiger partial charge in [0.2, 0.25) is 0 Å². The molecule has 0 atom stereocenters. The second-order valence-corrected chi connectivity index (χ2v) is 3.81. The number of hydrogen-bond acceptors (Lipinski definition) is 3. The van der Waals surface area contributed by atoms with E-state index in [-0.39, 0.29) is 12.2 Å². The minimum Gasteiger partial charge on any atom is -0.478 e. The Morgan fingerprint density at radius 2 is 2.05 bits per heavy atom. The fourth-order valence-electron chi connectivity index (χ4n) is 1.55. The van der Waals surface area contributed by atoms with Crippen molar-refractivity contribution in [2.45, 2.75) is 6.54 Å². The summed E-state index contributed by atoms with van der Waals surface area (Å²) < 4.78 is 27.0. The van der Waals surface area contributed by atoms with Crippen molar-refractivity contribution in [2.75, 3.05) is 5.32 Å². The van der Waals surface area contributed by atoms with E-state index in [1.165, 1.54) is 6.07 Å². The number of pyridine rings is 1. The molecule has 0 radical (unpaired) electrons. The average Bonchev–Trinajstić information content (AvgIpc) is 2.41. The van der Waals surface area contributed by atoms with Gasteiger partial charge in [-0.3, -0.25) is 4.98 Å². The van der Waals surface area contributed by atoms with Crippen LogP contribution in [0, 0.1) is 11.6 Å². The average molecular weight is 264 g/mol. The second-order valence-electron chi connectivity index (χ2n) is 3.81. The molecule has 6 heteroatoms. The van der Waals surface area contributed by atoms with Gasteiger partial charge in [0.1, 0.15) is 0 Å². The first-order valence-corrected chi connectivity index (χ1v) is 5.43. The Balaban J connectivity index is 2.18. The first-order chi connectivity index (χ1) is 9.09. The number of nitrogens with one attached hydrogen (secondary N) is 1. The zero-order chi connectivity index (χ0) is 13.8. The minimum absolute atomic E-state index is 0.0913. The molecule has 1 heterocycles. The summed E-state index contributed by atoms with van der Waals surface area (Å²) in [5.41, 5.74) is 0.0143. The van der Waals surface area contributed by atoms with Gasteiger partial charge in [-0.15, -0.1) is 0 Å². The van der Waals surface area contributed by atoms with Crippen LogP contribution < -0.4 is 5.32 Å². The summed E-state index contributed by atoms with van der Waals surface area (Å²) in [5, 5.41) is 11.3. The molecule has 0 spiro atoms.